The molecule has 0 aliphatic heterocycles. The van der Waals surface area contributed by atoms with Crippen LogP contribution in [0, 0.1) is 0 Å². The third kappa shape index (κ3) is 3.66. The van der Waals surface area contributed by atoms with E-state index in [0.29, 0.717) is 0 Å². The van der Waals surface area contributed by atoms with Gasteiger partial charge in [-0.1, -0.05) is 6.92 Å². The van der Waals surface area contributed by atoms with E-state index in [2.05, 4.69) is 50.5 Å². The van der Waals surface area contributed by atoms with Gasteiger partial charge in [0.25, 0.3) is 0 Å². The van der Waals surface area contributed by atoms with Crippen LogP contribution in [0.15, 0.2) is 28.3 Å². The Morgan fingerprint density at radius 3 is 2.82 bits per heavy atom. The minimum Gasteiger partial charge on any atom is -0.294 e. The molecule has 0 fully saturated rings. The van der Waals surface area contributed by atoms with Crippen molar-refractivity contribution < 1.29 is 0 Å². The minimum atomic E-state index is 0.958. The average Bonchev–Trinajstić information content (AvgIpc) is 2.87. The normalized spacial score (nSPS) is 11.3. The van der Waals surface area contributed by atoms with Gasteiger partial charge in [-0.05, 0) is 28.5 Å². The molecule has 2 rings (SSSR count). The topological polar surface area (TPSA) is 21.1 Å². The molecule has 0 aliphatic carbocycles. The largest absolute Gasteiger partial charge is 0.294 e. The van der Waals surface area contributed by atoms with Crippen LogP contribution in [0.5, 0.6) is 0 Å². The van der Waals surface area contributed by atoms with E-state index in [0.717, 1.165) is 19.6 Å². The fraction of sp³-hybridized carbons (Fsp3) is 0.417. The Hall–Kier alpha value is -0.650. The molecule has 0 aromatic carbocycles. The molecule has 0 saturated heterocycles. The first-order chi connectivity index (χ1) is 8.17. The van der Waals surface area contributed by atoms with Crippen molar-refractivity contribution in [3.8, 4) is 0 Å². The number of hydrogen-bond donors (Lipinski definition) is 0. The zero-order valence-electron chi connectivity index (χ0n) is 10.1. The highest BCUT2D eigenvalue weighted by molar-refractivity contribution is 9.10. The standard InChI is InChI=1S/C12H16BrN3S/c1-3-16(7-10-5-14-15(2)6-10)8-12-4-11(13)9-17-12/h4-6,9H,3,7-8H2,1-2H3. The summed E-state index contributed by atoms with van der Waals surface area (Å²) in [6.45, 7) is 5.20. The molecular weight excluding hydrogens is 298 g/mol. The number of aryl methyl sites for hydroxylation is 1. The van der Waals surface area contributed by atoms with Crippen LogP contribution in [-0.2, 0) is 20.1 Å². The Balaban J connectivity index is 1.97. The van der Waals surface area contributed by atoms with E-state index in [1.54, 1.807) is 11.3 Å². The lowest BCUT2D eigenvalue weighted by atomic mass is 10.3. The van der Waals surface area contributed by atoms with E-state index in [-0.39, 0.29) is 0 Å². The van der Waals surface area contributed by atoms with Crippen molar-refractivity contribution in [2.24, 2.45) is 7.05 Å². The number of thiophene rings is 1. The van der Waals surface area contributed by atoms with E-state index in [4.69, 9.17) is 0 Å². The van der Waals surface area contributed by atoms with Crippen LogP contribution in [0.1, 0.15) is 17.4 Å². The number of halogens is 1. The first kappa shape index (κ1) is 12.8. The summed E-state index contributed by atoms with van der Waals surface area (Å²) in [5.74, 6) is 0. The highest BCUT2D eigenvalue weighted by Crippen LogP contribution is 2.21. The summed E-state index contributed by atoms with van der Waals surface area (Å²) in [5.41, 5.74) is 1.27. The molecule has 0 aliphatic rings. The first-order valence-corrected chi connectivity index (χ1v) is 7.27. The molecule has 17 heavy (non-hydrogen) atoms. The Kier molecular flexibility index (Phi) is 4.36. The lowest BCUT2D eigenvalue weighted by Gasteiger charge is -2.18. The Labute approximate surface area is 114 Å². The summed E-state index contributed by atoms with van der Waals surface area (Å²) in [5, 5.41) is 6.33. The molecule has 0 saturated carbocycles. The Bertz CT molecular complexity index is 435. The second kappa shape index (κ2) is 5.80. The summed E-state index contributed by atoms with van der Waals surface area (Å²) in [4.78, 5) is 3.80. The molecule has 2 heterocycles. The highest BCUT2D eigenvalue weighted by Gasteiger charge is 2.07. The lowest BCUT2D eigenvalue weighted by Crippen LogP contribution is -2.21. The zero-order chi connectivity index (χ0) is 12.3. The number of hydrogen-bond acceptors (Lipinski definition) is 3. The molecule has 3 nitrogen and oxygen atoms in total. The molecule has 0 radical (unpaired) electrons. The van der Waals surface area contributed by atoms with E-state index >= 15 is 0 Å². The number of rotatable bonds is 5. The Morgan fingerprint density at radius 1 is 1.47 bits per heavy atom. The van der Waals surface area contributed by atoms with Crippen molar-refractivity contribution in [3.63, 3.8) is 0 Å². The fourth-order valence-corrected chi connectivity index (χ4v) is 3.24. The van der Waals surface area contributed by atoms with Gasteiger partial charge in [-0.2, -0.15) is 5.10 Å². The summed E-state index contributed by atoms with van der Waals surface area (Å²) in [7, 11) is 1.95. The summed E-state index contributed by atoms with van der Waals surface area (Å²) < 4.78 is 3.03. The molecule has 2 aromatic heterocycles. The van der Waals surface area contributed by atoms with Crippen LogP contribution in [-0.4, -0.2) is 21.2 Å². The quantitative estimate of drug-likeness (QED) is 0.844. The lowest BCUT2D eigenvalue weighted by molar-refractivity contribution is 0.274. The highest BCUT2D eigenvalue weighted by atomic mass is 79.9. The molecular formula is C12H16BrN3S. The van der Waals surface area contributed by atoms with Crippen molar-refractivity contribution in [2.75, 3.05) is 6.54 Å². The zero-order valence-corrected chi connectivity index (χ0v) is 12.5. The van der Waals surface area contributed by atoms with Gasteiger partial charge in [0.05, 0.1) is 6.20 Å². The minimum absolute atomic E-state index is 0.958. The van der Waals surface area contributed by atoms with Crippen LogP contribution in [0.25, 0.3) is 0 Å². The molecule has 0 amide bonds. The van der Waals surface area contributed by atoms with E-state index in [1.165, 1.54) is 14.9 Å². The summed E-state index contributed by atoms with van der Waals surface area (Å²) in [6, 6.07) is 2.19. The van der Waals surface area contributed by atoms with Gasteiger partial charge >= 0.3 is 0 Å². The molecule has 0 N–H and O–H groups in total. The van der Waals surface area contributed by atoms with Gasteiger partial charge in [0.15, 0.2) is 0 Å². The molecule has 0 atom stereocenters. The molecule has 5 heteroatoms. The fourth-order valence-electron chi connectivity index (χ4n) is 1.75. The van der Waals surface area contributed by atoms with Crippen LogP contribution in [0.4, 0.5) is 0 Å². The van der Waals surface area contributed by atoms with Gasteiger partial charge in [-0.25, -0.2) is 0 Å². The van der Waals surface area contributed by atoms with Crippen LogP contribution in [0.3, 0.4) is 0 Å². The average molecular weight is 314 g/mol. The van der Waals surface area contributed by atoms with Crippen molar-refractivity contribution in [1.82, 2.24) is 14.7 Å². The maximum absolute atomic E-state index is 4.20. The van der Waals surface area contributed by atoms with Crippen molar-refractivity contribution in [1.29, 1.82) is 0 Å². The van der Waals surface area contributed by atoms with Gasteiger partial charge in [-0.15, -0.1) is 11.3 Å². The third-order valence-corrected chi connectivity index (χ3v) is 4.30. The van der Waals surface area contributed by atoms with Gasteiger partial charge in [0.2, 0.25) is 0 Å². The molecule has 0 unspecified atom stereocenters. The van der Waals surface area contributed by atoms with E-state index in [1.807, 2.05) is 17.9 Å². The smallest absolute Gasteiger partial charge is 0.0534 e. The molecule has 92 valence electrons. The first-order valence-electron chi connectivity index (χ1n) is 5.60. The molecule has 2 aromatic rings. The monoisotopic (exact) mass is 313 g/mol. The van der Waals surface area contributed by atoms with Crippen LogP contribution < -0.4 is 0 Å². The summed E-state index contributed by atoms with van der Waals surface area (Å²) in [6.07, 6.45) is 4.01. The second-order valence-corrected chi connectivity index (χ2v) is 5.97. The van der Waals surface area contributed by atoms with Crippen LogP contribution in [0.2, 0.25) is 0 Å². The van der Waals surface area contributed by atoms with Crippen molar-refractivity contribution in [2.45, 2.75) is 20.0 Å². The Morgan fingerprint density at radius 2 is 2.29 bits per heavy atom. The second-order valence-electron chi connectivity index (χ2n) is 4.06. The molecule has 0 spiro atoms. The van der Waals surface area contributed by atoms with Gasteiger partial charge in [0.1, 0.15) is 0 Å². The predicted molar refractivity (Wildman–Crippen MR) is 75.0 cm³/mol. The predicted octanol–water partition coefficient (Wildman–Crippen LogP) is 3.27. The van der Waals surface area contributed by atoms with E-state index in [9.17, 15) is 0 Å². The van der Waals surface area contributed by atoms with Crippen LogP contribution >= 0.6 is 27.3 Å². The van der Waals surface area contributed by atoms with E-state index < -0.39 is 0 Å². The maximum atomic E-state index is 4.20. The summed E-state index contributed by atoms with van der Waals surface area (Å²) >= 11 is 5.29. The SMILES string of the molecule is CCN(Cc1cnn(C)c1)Cc1cc(Br)cs1. The number of aromatic nitrogens is 2. The van der Waals surface area contributed by atoms with Crippen molar-refractivity contribution in [3.05, 3.63) is 38.8 Å². The van der Waals surface area contributed by atoms with Crippen molar-refractivity contribution >= 4 is 27.3 Å². The maximum Gasteiger partial charge on any atom is 0.0534 e. The van der Waals surface area contributed by atoms with Gasteiger partial charge in [-0.3, -0.25) is 9.58 Å². The van der Waals surface area contributed by atoms with Gasteiger partial charge in [0, 0.05) is 46.6 Å². The third-order valence-electron chi connectivity index (χ3n) is 2.61. The van der Waals surface area contributed by atoms with Gasteiger partial charge < -0.3 is 0 Å². The number of nitrogens with zero attached hydrogens (tertiary/aromatic N) is 3. The molecule has 0 bridgehead atoms.